The lowest BCUT2D eigenvalue weighted by molar-refractivity contribution is -0.384. The number of anilines is 1. The molecule has 25 heavy (non-hydrogen) atoms. The Morgan fingerprint density at radius 1 is 1.20 bits per heavy atom. The van der Waals surface area contributed by atoms with E-state index in [0.717, 1.165) is 5.56 Å². The highest BCUT2D eigenvalue weighted by Gasteiger charge is 2.13. The van der Waals surface area contributed by atoms with Gasteiger partial charge in [0.1, 0.15) is 5.75 Å². The largest absolute Gasteiger partial charge is 0.494 e. The molecule has 6 nitrogen and oxygen atoms in total. The molecule has 0 amide bonds. The van der Waals surface area contributed by atoms with Crippen LogP contribution in [0.3, 0.4) is 0 Å². The summed E-state index contributed by atoms with van der Waals surface area (Å²) in [6.45, 7) is 6.17. The number of methoxy groups -OCH3 is 1. The van der Waals surface area contributed by atoms with E-state index in [4.69, 9.17) is 17.0 Å². The summed E-state index contributed by atoms with van der Waals surface area (Å²) in [6, 6.07) is 10.6. The molecule has 2 aromatic rings. The van der Waals surface area contributed by atoms with E-state index in [9.17, 15) is 10.1 Å². The van der Waals surface area contributed by atoms with Crippen LogP contribution in [-0.2, 0) is 0 Å². The number of rotatable bonds is 5. The van der Waals surface area contributed by atoms with Crippen molar-refractivity contribution in [2.45, 2.75) is 26.8 Å². The van der Waals surface area contributed by atoms with Gasteiger partial charge in [-0.1, -0.05) is 18.2 Å². The third-order valence-corrected chi connectivity index (χ3v) is 4.24. The Balaban J connectivity index is 2.09. The zero-order chi connectivity index (χ0) is 18.6. The smallest absolute Gasteiger partial charge is 0.273 e. The Morgan fingerprint density at radius 2 is 1.92 bits per heavy atom. The third kappa shape index (κ3) is 4.67. The lowest BCUT2D eigenvalue weighted by Crippen LogP contribution is -2.31. The molecule has 2 N–H and O–H groups in total. The molecule has 0 saturated carbocycles. The summed E-state index contributed by atoms with van der Waals surface area (Å²) in [7, 11) is 1.46. The van der Waals surface area contributed by atoms with Crippen LogP contribution in [0.2, 0.25) is 0 Å². The van der Waals surface area contributed by atoms with Crippen LogP contribution in [0.4, 0.5) is 11.4 Å². The molecule has 1 atom stereocenters. The molecule has 1 unspecified atom stereocenters. The highest BCUT2D eigenvalue weighted by molar-refractivity contribution is 7.80. The van der Waals surface area contributed by atoms with E-state index in [1.165, 1.54) is 30.4 Å². The number of ether oxygens (including phenoxy) is 1. The van der Waals surface area contributed by atoms with Crippen LogP contribution in [-0.4, -0.2) is 17.1 Å². The van der Waals surface area contributed by atoms with Crippen molar-refractivity contribution >= 4 is 28.7 Å². The van der Waals surface area contributed by atoms with E-state index in [1.54, 1.807) is 6.07 Å². The maximum atomic E-state index is 10.8. The minimum absolute atomic E-state index is 0.0170. The van der Waals surface area contributed by atoms with Crippen molar-refractivity contribution < 1.29 is 9.66 Å². The van der Waals surface area contributed by atoms with E-state index >= 15 is 0 Å². The van der Waals surface area contributed by atoms with Crippen LogP contribution in [0.15, 0.2) is 36.4 Å². The Labute approximate surface area is 152 Å². The molecule has 0 fully saturated rings. The van der Waals surface area contributed by atoms with Crippen molar-refractivity contribution in [3.8, 4) is 5.75 Å². The van der Waals surface area contributed by atoms with E-state index in [-0.39, 0.29) is 11.7 Å². The molecule has 2 rings (SSSR count). The molecule has 0 aromatic heterocycles. The first-order chi connectivity index (χ1) is 11.8. The molecular formula is C18H21N3O3S. The third-order valence-electron chi connectivity index (χ3n) is 4.02. The Kier molecular flexibility index (Phi) is 5.93. The summed E-state index contributed by atoms with van der Waals surface area (Å²) in [4.78, 5) is 10.4. The monoisotopic (exact) mass is 359 g/mol. The maximum Gasteiger partial charge on any atom is 0.273 e. The predicted octanol–water partition coefficient (Wildman–Crippen LogP) is 4.27. The highest BCUT2D eigenvalue weighted by Crippen LogP contribution is 2.29. The van der Waals surface area contributed by atoms with Gasteiger partial charge in [0.15, 0.2) is 5.11 Å². The van der Waals surface area contributed by atoms with Crippen LogP contribution in [0.5, 0.6) is 5.75 Å². The normalized spacial score (nSPS) is 11.5. The van der Waals surface area contributed by atoms with Gasteiger partial charge in [0.2, 0.25) is 0 Å². The molecule has 0 aliphatic rings. The second-order valence-corrected chi connectivity index (χ2v) is 6.21. The minimum atomic E-state index is -0.468. The molecule has 0 spiro atoms. The molecular weight excluding hydrogens is 338 g/mol. The number of benzene rings is 2. The number of hydrogen-bond donors (Lipinski definition) is 2. The van der Waals surface area contributed by atoms with Crippen molar-refractivity contribution in [3.63, 3.8) is 0 Å². The first kappa shape index (κ1) is 18.7. The van der Waals surface area contributed by atoms with Gasteiger partial charge in [-0.3, -0.25) is 10.1 Å². The van der Waals surface area contributed by atoms with E-state index in [0.29, 0.717) is 16.5 Å². The quantitative estimate of drug-likeness (QED) is 0.472. The zero-order valence-electron chi connectivity index (χ0n) is 14.6. The van der Waals surface area contributed by atoms with Gasteiger partial charge in [0, 0.05) is 6.07 Å². The van der Waals surface area contributed by atoms with Crippen molar-refractivity contribution in [2.75, 3.05) is 12.4 Å². The first-order valence-corrected chi connectivity index (χ1v) is 8.19. The molecule has 0 heterocycles. The van der Waals surface area contributed by atoms with Crippen molar-refractivity contribution in [2.24, 2.45) is 0 Å². The summed E-state index contributed by atoms with van der Waals surface area (Å²) < 4.78 is 5.20. The van der Waals surface area contributed by atoms with E-state index < -0.39 is 4.92 Å². The number of nitrogens with zero attached hydrogens (tertiary/aromatic N) is 1. The van der Waals surface area contributed by atoms with Gasteiger partial charge in [0.05, 0.1) is 29.8 Å². The van der Waals surface area contributed by atoms with Crippen LogP contribution in [0.25, 0.3) is 0 Å². The fourth-order valence-electron chi connectivity index (χ4n) is 2.37. The highest BCUT2D eigenvalue weighted by atomic mass is 32.1. The predicted molar refractivity (Wildman–Crippen MR) is 103 cm³/mol. The molecule has 7 heteroatoms. The standard InChI is InChI=1S/C18H21N3O3S/c1-11-5-6-14(9-12(11)2)13(3)19-18(25)20-16-8-7-15(21(22)23)10-17(16)24-4/h5-10,13H,1-4H3,(H2,19,20,25). The molecule has 132 valence electrons. The van der Waals surface area contributed by atoms with Gasteiger partial charge < -0.3 is 15.4 Å². The lowest BCUT2D eigenvalue weighted by Gasteiger charge is -2.19. The van der Waals surface area contributed by atoms with E-state index in [2.05, 4.69) is 42.7 Å². The van der Waals surface area contributed by atoms with E-state index in [1.807, 2.05) is 6.92 Å². The number of hydrogen-bond acceptors (Lipinski definition) is 4. The fraction of sp³-hybridized carbons (Fsp3) is 0.278. The van der Waals surface area contributed by atoms with Gasteiger partial charge in [0.25, 0.3) is 5.69 Å². The number of aryl methyl sites for hydroxylation is 2. The Bertz CT molecular complexity index is 808. The van der Waals surface area contributed by atoms with Gasteiger partial charge in [-0.25, -0.2) is 0 Å². The van der Waals surface area contributed by atoms with Crippen LogP contribution >= 0.6 is 12.2 Å². The topological polar surface area (TPSA) is 76.4 Å². The van der Waals surface area contributed by atoms with Gasteiger partial charge >= 0.3 is 0 Å². The molecule has 0 saturated heterocycles. The average molecular weight is 359 g/mol. The molecule has 0 radical (unpaired) electrons. The van der Waals surface area contributed by atoms with Crippen LogP contribution < -0.4 is 15.4 Å². The SMILES string of the molecule is COc1cc([N+](=O)[O-])ccc1NC(=S)NC(C)c1ccc(C)c(C)c1. The van der Waals surface area contributed by atoms with Gasteiger partial charge in [-0.05, 0) is 55.7 Å². The zero-order valence-corrected chi connectivity index (χ0v) is 15.4. The number of non-ortho nitro benzene ring substituents is 1. The number of nitro groups is 1. The minimum Gasteiger partial charge on any atom is -0.494 e. The Hall–Kier alpha value is -2.67. The average Bonchev–Trinajstić information content (AvgIpc) is 2.57. The Morgan fingerprint density at radius 3 is 2.52 bits per heavy atom. The number of nitrogens with one attached hydrogen (secondary N) is 2. The summed E-state index contributed by atoms with van der Waals surface area (Å²) in [6.07, 6.45) is 0. The molecule has 2 aromatic carbocycles. The summed E-state index contributed by atoms with van der Waals surface area (Å²) in [5, 5.41) is 17.5. The summed E-state index contributed by atoms with van der Waals surface area (Å²) >= 11 is 5.35. The second-order valence-electron chi connectivity index (χ2n) is 5.81. The molecule has 0 aliphatic heterocycles. The van der Waals surface area contributed by atoms with Crippen LogP contribution in [0.1, 0.15) is 29.7 Å². The fourth-order valence-corrected chi connectivity index (χ4v) is 2.66. The number of thiocarbonyl (C=S) groups is 1. The molecule has 0 aliphatic carbocycles. The second kappa shape index (κ2) is 7.94. The first-order valence-electron chi connectivity index (χ1n) is 7.79. The van der Waals surface area contributed by atoms with Crippen molar-refractivity contribution in [1.82, 2.24) is 5.32 Å². The van der Waals surface area contributed by atoms with Gasteiger partial charge in [-0.15, -0.1) is 0 Å². The molecule has 0 bridgehead atoms. The summed E-state index contributed by atoms with van der Waals surface area (Å²) in [5.41, 5.74) is 4.12. The van der Waals surface area contributed by atoms with Crippen molar-refractivity contribution in [1.29, 1.82) is 0 Å². The lowest BCUT2D eigenvalue weighted by atomic mass is 10.0. The van der Waals surface area contributed by atoms with Crippen molar-refractivity contribution in [3.05, 3.63) is 63.2 Å². The van der Waals surface area contributed by atoms with Gasteiger partial charge in [-0.2, -0.15) is 0 Å². The maximum absolute atomic E-state index is 10.8. The summed E-state index contributed by atoms with van der Waals surface area (Å²) in [5.74, 6) is 0.359. The number of nitro benzene ring substituents is 1. The van der Waals surface area contributed by atoms with Crippen LogP contribution in [0, 0.1) is 24.0 Å².